The third kappa shape index (κ3) is 5.08. The van der Waals surface area contributed by atoms with Crippen LogP contribution in [0.25, 0.3) is 0 Å². The summed E-state index contributed by atoms with van der Waals surface area (Å²) in [5, 5.41) is 2.56. The van der Waals surface area contributed by atoms with Crippen LogP contribution in [0.3, 0.4) is 0 Å². The Hall–Kier alpha value is -3.10. The van der Waals surface area contributed by atoms with Gasteiger partial charge in [-0.25, -0.2) is 0 Å². The molecule has 0 aromatic heterocycles. The van der Waals surface area contributed by atoms with Crippen molar-refractivity contribution in [2.75, 3.05) is 19.3 Å². The van der Waals surface area contributed by atoms with Gasteiger partial charge in [0.25, 0.3) is 5.91 Å². The summed E-state index contributed by atoms with van der Waals surface area (Å²) in [6.45, 7) is 3.12. The molecule has 152 valence electrons. The number of carbonyl (C=O) groups excluding carboxylic acids is 3. The van der Waals surface area contributed by atoms with E-state index in [1.807, 2.05) is 43.3 Å². The lowest BCUT2D eigenvalue weighted by atomic mass is 10.0. The standard InChI is InChI=1S/C25H24NO3P/c1-2-26(25(29)20-13-14-21(18-27)22(17-20)19-28)15-16-30(23-9-5-3-6-10-23)24-11-7-4-8-12-24/h3-14,17-19H,2,15-16H2,1H3. The molecule has 0 atom stereocenters. The van der Waals surface area contributed by atoms with Crippen molar-refractivity contribution in [3.8, 4) is 0 Å². The van der Waals surface area contributed by atoms with E-state index in [4.69, 9.17) is 0 Å². The molecule has 0 heterocycles. The van der Waals surface area contributed by atoms with Crippen molar-refractivity contribution in [3.05, 3.63) is 95.6 Å². The summed E-state index contributed by atoms with van der Waals surface area (Å²) in [4.78, 5) is 37.2. The zero-order valence-electron chi connectivity index (χ0n) is 16.9. The minimum atomic E-state index is -0.596. The van der Waals surface area contributed by atoms with Gasteiger partial charge < -0.3 is 4.90 Å². The summed E-state index contributed by atoms with van der Waals surface area (Å²) in [7, 11) is -0.596. The second-order valence-electron chi connectivity index (χ2n) is 6.79. The Bertz CT molecular complexity index is 966. The maximum Gasteiger partial charge on any atom is 0.253 e. The summed E-state index contributed by atoms with van der Waals surface area (Å²) in [6, 6.07) is 25.4. The lowest BCUT2D eigenvalue weighted by Crippen LogP contribution is -2.34. The van der Waals surface area contributed by atoms with Crippen LogP contribution in [0.5, 0.6) is 0 Å². The molecule has 0 N–H and O–H groups in total. The average molecular weight is 417 g/mol. The van der Waals surface area contributed by atoms with Crippen molar-refractivity contribution >= 4 is 37.0 Å². The van der Waals surface area contributed by atoms with Gasteiger partial charge in [0.2, 0.25) is 0 Å². The molecule has 0 unspecified atom stereocenters. The first-order valence-corrected chi connectivity index (χ1v) is 11.4. The van der Waals surface area contributed by atoms with Crippen LogP contribution < -0.4 is 10.6 Å². The van der Waals surface area contributed by atoms with Crippen LogP contribution in [0.2, 0.25) is 0 Å². The molecule has 1 amide bonds. The Morgan fingerprint density at radius 1 is 0.833 bits per heavy atom. The van der Waals surface area contributed by atoms with E-state index in [9.17, 15) is 14.4 Å². The van der Waals surface area contributed by atoms with Crippen molar-refractivity contribution < 1.29 is 14.4 Å². The van der Waals surface area contributed by atoms with Gasteiger partial charge in [-0.2, -0.15) is 0 Å². The lowest BCUT2D eigenvalue weighted by Gasteiger charge is -2.25. The molecule has 0 fully saturated rings. The molecule has 3 rings (SSSR count). The Balaban J connectivity index is 1.81. The van der Waals surface area contributed by atoms with E-state index in [0.717, 1.165) is 6.16 Å². The molecular formula is C25H24NO3P. The highest BCUT2D eigenvalue weighted by Crippen LogP contribution is 2.33. The highest BCUT2D eigenvalue weighted by Gasteiger charge is 2.19. The molecule has 0 bridgehead atoms. The first-order valence-electron chi connectivity index (χ1n) is 9.89. The van der Waals surface area contributed by atoms with Crippen LogP contribution in [0, 0.1) is 0 Å². The van der Waals surface area contributed by atoms with Gasteiger partial charge in [-0.3, -0.25) is 14.4 Å². The van der Waals surface area contributed by atoms with Gasteiger partial charge in [-0.15, -0.1) is 0 Å². The van der Waals surface area contributed by atoms with Crippen LogP contribution in [0.4, 0.5) is 0 Å². The van der Waals surface area contributed by atoms with Gasteiger partial charge in [-0.1, -0.05) is 66.7 Å². The predicted octanol–water partition coefficient (Wildman–Crippen LogP) is 3.91. The highest BCUT2D eigenvalue weighted by molar-refractivity contribution is 7.73. The van der Waals surface area contributed by atoms with Gasteiger partial charge in [0.1, 0.15) is 0 Å². The second-order valence-corrected chi connectivity index (χ2v) is 9.12. The number of hydrogen-bond donors (Lipinski definition) is 0. The molecule has 0 saturated carbocycles. The van der Waals surface area contributed by atoms with Crippen molar-refractivity contribution in [2.45, 2.75) is 6.92 Å². The number of nitrogens with zero attached hydrogens (tertiary/aromatic N) is 1. The van der Waals surface area contributed by atoms with Gasteiger partial charge in [0.15, 0.2) is 12.6 Å². The van der Waals surface area contributed by atoms with Crippen LogP contribution in [0.15, 0.2) is 78.9 Å². The zero-order valence-corrected chi connectivity index (χ0v) is 17.8. The van der Waals surface area contributed by atoms with E-state index < -0.39 is 7.92 Å². The molecule has 3 aromatic rings. The summed E-state index contributed by atoms with van der Waals surface area (Å²) < 4.78 is 0. The van der Waals surface area contributed by atoms with Crippen LogP contribution in [-0.2, 0) is 0 Å². The van der Waals surface area contributed by atoms with E-state index in [1.165, 1.54) is 22.7 Å². The molecule has 0 spiro atoms. The summed E-state index contributed by atoms with van der Waals surface area (Å²) in [5.74, 6) is -0.130. The fraction of sp³-hybridized carbons (Fsp3) is 0.160. The number of aldehydes is 2. The van der Waals surface area contributed by atoms with Crippen LogP contribution in [0.1, 0.15) is 38.0 Å². The van der Waals surface area contributed by atoms with Crippen LogP contribution >= 0.6 is 7.92 Å². The first-order chi connectivity index (χ1) is 14.7. The molecule has 0 aliphatic rings. The maximum absolute atomic E-state index is 13.1. The van der Waals surface area contributed by atoms with Crippen molar-refractivity contribution in [2.24, 2.45) is 0 Å². The van der Waals surface area contributed by atoms with Crippen molar-refractivity contribution in [3.63, 3.8) is 0 Å². The number of amides is 1. The highest BCUT2D eigenvalue weighted by atomic mass is 31.1. The summed E-state index contributed by atoms with van der Waals surface area (Å²) in [6.07, 6.45) is 2.08. The van der Waals surface area contributed by atoms with Gasteiger partial charge in [0, 0.05) is 29.8 Å². The molecule has 0 aliphatic heterocycles. The van der Waals surface area contributed by atoms with E-state index in [2.05, 4.69) is 24.3 Å². The Labute approximate surface area is 178 Å². The number of rotatable bonds is 9. The normalized spacial score (nSPS) is 10.6. The molecule has 30 heavy (non-hydrogen) atoms. The first kappa shape index (κ1) is 21.6. The Morgan fingerprint density at radius 3 is 1.90 bits per heavy atom. The van der Waals surface area contributed by atoms with Crippen molar-refractivity contribution in [1.29, 1.82) is 0 Å². The summed E-state index contributed by atoms with van der Waals surface area (Å²) >= 11 is 0. The van der Waals surface area contributed by atoms with Gasteiger partial charge in [-0.05, 0) is 43.7 Å². The minimum absolute atomic E-state index is 0.130. The fourth-order valence-corrected chi connectivity index (χ4v) is 5.67. The molecule has 4 nitrogen and oxygen atoms in total. The van der Waals surface area contributed by atoms with E-state index in [-0.39, 0.29) is 11.5 Å². The molecule has 0 aliphatic carbocycles. The van der Waals surface area contributed by atoms with E-state index in [0.29, 0.717) is 36.8 Å². The predicted molar refractivity (Wildman–Crippen MR) is 123 cm³/mol. The smallest absolute Gasteiger partial charge is 0.253 e. The number of hydrogen-bond acceptors (Lipinski definition) is 3. The second kappa shape index (κ2) is 10.6. The largest absolute Gasteiger partial charge is 0.339 e. The Morgan fingerprint density at radius 2 is 1.40 bits per heavy atom. The monoisotopic (exact) mass is 417 g/mol. The fourth-order valence-electron chi connectivity index (χ4n) is 3.35. The van der Waals surface area contributed by atoms with Crippen LogP contribution in [-0.4, -0.2) is 42.6 Å². The third-order valence-corrected chi connectivity index (χ3v) is 7.48. The average Bonchev–Trinajstić information content (AvgIpc) is 2.82. The third-order valence-electron chi connectivity index (χ3n) is 4.99. The molecule has 3 aromatic carbocycles. The van der Waals surface area contributed by atoms with Gasteiger partial charge in [0.05, 0.1) is 0 Å². The van der Waals surface area contributed by atoms with Crippen molar-refractivity contribution in [1.82, 2.24) is 4.90 Å². The lowest BCUT2D eigenvalue weighted by molar-refractivity contribution is 0.0774. The molecule has 0 radical (unpaired) electrons. The zero-order chi connectivity index (χ0) is 21.3. The quantitative estimate of drug-likeness (QED) is 0.392. The van der Waals surface area contributed by atoms with E-state index in [1.54, 1.807) is 11.0 Å². The van der Waals surface area contributed by atoms with E-state index >= 15 is 0 Å². The summed E-state index contributed by atoms with van der Waals surface area (Å²) in [5.41, 5.74) is 0.956. The number of carbonyl (C=O) groups is 3. The Kier molecular flexibility index (Phi) is 7.64. The minimum Gasteiger partial charge on any atom is -0.339 e. The molecule has 0 saturated heterocycles. The number of benzene rings is 3. The van der Waals surface area contributed by atoms with Gasteiger partial charge >= 0.3 is 0 Å². The maximum atomic E-state index is 13.1. The SMILES string of the molecule is CCN(CCP(c1ccccc1)c1ccccc1)C(=O)c1ccc(C=O)c(C=O)c1. The molecule has 5 heteroatoms. The topological polar surface area (TPSA) is 54.5 Å². The molecular weight excluding hydrogens is 393 g/mol.